The van der Waals surface area contributed by atoms with Crippen LogP contribution in [-0.2, 0) is 0 Å². The molecule has 0 fully saturated rings. The average Bonchev–Trinajstić information content (AvgIpc) is 2.38. The average molecular weight is 276 g/mol. The van der Waals surface area contributed by atoms with E-state index in [0.29, 0.717) is 10.6 Å². The molecule has 0 saturated carbocycles. The van der Waals surface area contributed by atoms with E-state index < -0.39 is 0 Å². The van der Waals surface area contributed by atoms with Crippen LogP contribution in [0.2, 0.25) is 5.02 Å². The summed E-state index contributed by atoms with van der Waals surface area (Å²) in [6.07, 6.45) is 2.92. The molecular formula is C15H18ClN3. The number of nitrogens with zero attached hydrogens (tertiary/aromatic N) is 2. The van der Waals surface area contributed by atoms with E-state index in [0.717, 1.165) is 31.5 Å². The molecule has 0 aliphatic heterocycles. The Morgan fingerprint density at radius 3 is 2.58 bits per heavy atom. The van der Waals surface area contributed by atoms with E-state index in [4.69, 9.17) is 22.1 Å². The van der Waals surface area contributed by atoms with Crippen LogP contribution in [0.15, 0.2) is 18.2 Å². The summed E-state index contributed by atoms with van der Waals surface area (Å²) in [5.41, 5.74) is 1.17. The number of hydrogen-bond donors (Lipinski definition) is 1. The van der Waals surface area contributed by atoms with Crippen molar-refractivity contribution >= 4 is 17.3 Å². The molecular weight excluding hydrogens is 258 g/mol. The molecule has 0 aliphatic carbocycles. The van der Waals surface area contributed by atoms with Gasteiger partial charge in [-0.15, -0.1) is 0 Å². The van der Waals surface area contributed by atoms with Crippen molar-refractivity contribution in [2.24, 2.45) is 5.41 Å². The van der Waals surface area contributed by atoms with E-state index in [9.17, 15) is 0 Å². The number of anilines is 1. The summed E-state index contributed by atoms with van der Waals surface area (Å²) in [4.78, 5) is 0. The molecule has 0 radical (unpaired) electrons. The van der Waals surface area contributed by atoms with E-state index in [-0.39, 0.29) is 5.41 Å². The summed E-state index contributed by atoms with van der Waals surface area (Å²) >= 11 is 5.95. The number of rotatable bonds is 6. The van der Waals surface area contributed by atoms with Gasteiger partial charge in [0.05, 0.1) is 22.1 Å². The number of halogens is 1. The second-order valence-corrected chi connectivity index (χ2v) is 5.59. The van der Waals surface area contributed by atoms with Gasteiger partial charge in [0, 0.05) is 12.2 Å². The molecule has 0 unspecified atom stereocenters. The highest BCUT2D eigenvalue weighted by molar-refractivity contribution is 6.32. The number of unbranched alkanes of at least 4 members (excludes halogenated alkanes) is 1. The minimum absolute atomic E-state index is 0.238. The summed E-state index contributed by atoms with van der Waals surface area (Å²) < 4.78 is 0. The lowest BCUT2D eigenvalue weighted by molar-refractivity contribution is 0.430. The Balaban J connectivity index is 2.33. The molecule has 4 heteroatoms. The van der Waals surface area contributed by atoms with Crippen LogP contribution in [0.5, 0.6) is 0 Å². The largest absolute Gasteiger partial charge is 0.385 e. The summed E-state index contributed by atoms with van der Waals surface area (Å²) in [5, 5.41) is 21.4. The first-order chi connectivity index (χ1) is 8.98. The highest BCUT2D eigenvalue weighted by atomic mass is 35.5. The van der Waals surface area contributed by atoms with Crippen molar-refractivity contribution in [2.45, 2.75) is 33.1 Å². The first-order valence-corrected chi connectivity index (χ1v) is 6.71. The molecule has 100 valence electrons. The molecule has 0 amide bonds. The fraction of sp³-hybridized carbons (Fsp3) is 0.467. The Bertz CT molecular complexity index is 509. The summed E-state index contributed by atoms with van der Waals surface area (Å²) in [6, 6.07) is 9.66. The van der Waals surface area contributed by atoms with Gasteiger partial charge in [-0.1, -0.05) is 18.0 Å². The van der Waals surface area contributed by atoms with Gasteiger partial charge in [-0.25, -0.2) is 0 Å². The molecule has 0 aromatic heterocycles. The zero-order valence-electron chi connectivity index (χ0n) is 11.3. The molecule has 0 heterocycles. The van der Waals surface area contributed by atoms with Gasteiger partial charge in [0.15, 0.2) is 0 Å². The third-order valence-corrected chi connectivity index (χ3v) is 3.26. The standard InChI is InChI=1S/C15H18ClN3/c1-15(2,11-18)7-3-4-8-19-13-6-5-12(10-17)14(16)9-13/h5-6,9,19H,3-4,7-8H2,1-2H3. The van der Waals surface area contributed by atoms with E-state index in [1.54, 1.807) is 12.1 Å². The zero-order chi connectivity index (χ0) is 14.3. The van der Waals surface area contributed by atoms with E-state index >= 15 is 0 Å². The maximum Gasteiger partial charge on any atom is 0.101 e. The molecule has 0 aliphatic rings. The monoisotopic (exact) mass is 275 g/mol. The van der Waals surface area contributed by atoms with Crippen LogP contribution < -0.4 is 5.32 Å². The van der Waals surface area contributed by atoms with Crippen molar-refractivity contribution < 1.29 is 0 Å². The quantitative estimate of drug-likeness (QED) is 0.786. The lowest BCUT2D eigenvalue weighted by Gasteiger charge is -2.14. The van der Waals surface area contributed by atoms with Gasteiger partial charge in [-0.05, 0) is 44.9 Å². The Hall–Kier alpha value is -1.71. The highest BCUT2D eigenvalue weighted by Gasteiger charge is 2.15. The van der Waals surface area contributed by atoms with Crippen molar-refractivity contribution in [3.63, 3.8) is 0 Å². The molecule has 1 rings (SSSR count). The van der Waals surface area contributed by atoms with Crippen LogP contribution in [0.3, 0.4) is 0 Å². The van der Waals surface area contributed by atoms with Gasteiger partial charge in [0.25, 0.3) is 0 Å². The first kappa shape index (κ1) is 15.3. The number of hydrogen-bond acceptors (Lipinski definition) is 3. The molecule has 0 atom stereocenters. The third kappa shape index (κ3) is 5.20. The minimum Gasteiger partial charge on any atom is -0.385 e. The van der Waals surface area contributed by atoms with Crippen molar-refractivity contribution in [2.75, 3.05) is 11.9 Å². The normalized spacial score (nSPS) is 10.6. The maximum atomic E-state index is 8.90. The molecule has 1 N–H and O–H groups in total. The molecule has 0 saturated heterocycles. The zero-order valence-corrected chi connectivity index (χ0v) is 12.1. The number of nitriles is 2. The lowest BCUT2D eigenvalue weighted by Crippen LogP contribution is -2.09. The van der Waals surface area contributed by atoms with Gasteiger partial charge in [-0.3, -0.25) is 0 Å². The topological polar surface area (TPSA) is 59.6 Å². The van der Waals surface area contributed by atoms with Gasteiger partial charge >= 0.3 is 0 Å². The fourth-order valence-electron chi connectivity index (χ4n) is 1.70. The molecule has 1 aromatic rings. The summed E-state index contributed by atoms with van der Waals surface area (Å²) in [5.74, 6) is 0. The van der Waals surface area contributed by atoms with Gasteiger partial charge in [0.1, 0.15) is 6.07 Å². The Morgan fingerprint density at radius 2 is 2.00 bits per heavy atom. The second kappa shape index (κ2) is 7.02. The lowest BCUT2D eigenvalue weighted by atomic mass is 9.89. The van der Waals surface area contributed by atoms with Crippen LogP contribution in [0.25, 0.3) is 0 Å². The van der Waals surface area contributed by atoms with Crippen LogP contribution in [0.4, 0.5) is 5.69 Å². The predicted molar refractivity (Wildman–Crippen MR) is 77.9 cm³/mol. The molecule has 0 bridgehead atoms. The van der Waals surface area contributed by atoms with Crippen molar-refractivity contribution in [3.05, 3.63) is 28.8 Å². The Morgan fingerprint density at radius 1 is 1.26 bits per heavy atom. The third-order valence-electron chi connectivity index (χ3n) is 2.95. The highest BCUT2D eigenvalue weighted by Crippen LogP contribution is 2.22. The smallest absolute Gasteiger partial charge is 0.101 e. The van der Waals surface area contributed by atoms with E-state index in [1.807, 2.05) is 26.0 Å². The van der Waals surface area contributed by atoms with E-state index in [1.165, 1.54) is 0 Å². The second-order valence-electron chi connectivity index (χ2n) is 5.19. The van der Waals surface area contributed by atoms with Gasteiger partial charge in [-0.2, -0.15) is 10.5 Å². The van der Waals surface area contributed by atoms with Crippen molar-refractivity contribution in [1.29, 1.82) is 10.5 Å². The van der Waals surface area contributed by atoms with Crippen LogP contribution >= 0.6 is 11.6 Å². The minimum atomic E-state index is -0.238. The maximum absolute atomic E-state index is 8.90. The molecule has 19 heavy (non-hydrogen) atoms. The van der Waals surface area contributed by atoms with Gasteiger partial charge in [0.2, 0.25) is 0 Å². The molecule has 3 nitrogen and oxygen atoms in total. The first-order valence-electron chi connectivity index (χ1n) is 6.33. The summed E-state index contributed by atoms with van der Waals surface area (Å²) in [7, 11) is 0. The number of nitrogens with one attached hydrogen (secondary N) is 1. The van der Waals surface area contributed by atoms with Crippen molar-refractivity contribution in [1.82, 2.24) is 0 Å². The van der Waals surface area contributed by atoms with Gasteiger partial charge < -0.3 is 5.32 Å². The molecule has 1 aromatic carbocycles. The SMILES string of the molecule is CC(C)(C#N)CCCCNc1ccc(C#N)c(Cl)c1. The van der Waals surface area contributed by atoms with Crippen LogP contribution in [0.1, 0.15) is 38.7 Å². The van der Waals surface area contributed by atoms with Crippen LogP contribution in [-0.4, -0.2) is 6.54 Å². The Labute approximate surface area is 119 Å². The summed E-state index contributed by atoms with van der Waals surface area (Å²) in [6.45, 7) is 4.76. The number of benzene rings is 1. The van der Waals surface area contributed by atoms with Crippen molar-refractivity contribution in [3.8, 4) is 12.1 Å². The van der Waals surface area contributed by atoms with Crippen LogP contribution in [0, 0.1) is 28.1 Å². The van der Waals surface area contributed by atoms with E-state index in [2.05, 4.69) is 11.4 Å². The predicted octanol–water partition coefficient (Wildman–Crippen LogP) is 4.34. The fourth-order valence-corrected chi connectivity index (χ4v) is 1.92. The Kier molecular flexibility index (Phi) is 5.67. The molecule has 0 spiro atoms.